The van der Waals surface area contributed by atoms with Gasteiger partial charge in [0.2, 0.25) is 0 Å². The third kappa shape index (κ3) is 8.00. The van der Waals surface area contributed by atoms with Gasteiger partial charge in [0.25, 0.3) is 0 Å². The second-order valence-corrected chi connectivity index (χ2v) is 5.82. The molecular formula is C19H28FN5O. The van der Waals surface area contributed by atoms with Crippen molar-refractivity contribution in [2.45, 2.75) is 32.7 Å². The highest BCUT2D eigenvalue weighted by Gasteiger charge is 1.98. The SMILES string of the molecule is CCNC(=NCCCn1cccn1)NCCCCOc1ccc(F)cc1. The number of hydrogen-bond acceptors (Lipinski definition) is 3. The molecule has 26 heavy (non-hydrogen) atoms. The maximum absolute atomic E-state index is 12.8. The first-order chi connectivity index (χ1) is 12.8. The van der Waals surface area contributed by atoms with Crippen LogP contribution in [0.5, 0.6) is 5.75 Å². The minimum atomic E-state index is -0.249. The smallest absolute Gasteiger partial charge is 0.191 e. The summed E-state index contributed by atoms with van der Waals surface area (Å²) >= 11 is 0. The number of aryl methyl sites for hydroxylation is 1. The number of benzene rings is 1. The molecule has 2 N–H and O–H groups in total. The second-order valence-electron chi connectivity index (χ2n) is 5.82. The summed E-state index contributed by atoms with van der Waals surface area (Å²) in [5.41, 5.74) is 0. The van der Waals surface area contributed by atoms with Crippen LogP contribution in [-0.2, 0) is 6.54 Å². The Morgan fingerprint density at radius 3 is 2.77 bits per heavy atom. The maximum Gasteiger partial charge on any atom is 0.191 e. The molecule has 0 unspecified atom stereocenters. The number of rotatable bonds is 11. The van der Waals surface area contributed by atoms with Gasteiger partial charge in [0.05, 0.1) is 6.61 Å². The van der Waals surface area contributed by atoms with E-state index in [2.05, 4.69) is 27.6 Å². The zero-order valence-electron chi connectivity index (χ0n) is 15.3. The fourth-order valence-corrected chi connectivity index (χ4v) is 2.35. The first kappa shape index (κ1) is 19.8. The Kier molecular flexibility index (Phi) is 9.03. The van der Waals surface area contributed by atoms with E-state index in [0.29, 0.717) is 12.4 Å². The van der Waals surface area contributed by atoms with Crippen molar-refractivity contribution in [2.75, 3.05) is 26.2 Å². The highest BCUT2D eigenvalue weighted by molar-refractivity contribution is 5.79. The molecule has 7 heteroatoms. The van der Waals surface area contributed by atoms with Gasteiger partial charge in [-0.1, -0.05) is 0 Å². The van der Waals surface area contributed by atoms with Crippen molar-refractivity contribution in [3.8, 4) is 5.75 Å². The maximum atomic E-state index is 12.8. The Bertz CT molecular complexity index is 628. The van der Waals surface area contributed by atoms with E-state index in [4.69, 9.17) is 4.74 Å². The minimum absolute atomic E-state index is 0.249. The number of nitrogens with zero attached hydrogens (tertiary/aromatic N) is 3. The summed E-state index contributed by atoms with van der Waals surface area (Å²) < 4.78 is 20.3. The molecule has 2 aromatic rings. The van der Waals surface area contributed by atoms with Crippen LogP contribution in [0, 0.1) is 5.82 Å². The number of unbranched alkanes of at least 4 members (excludes halogenated alkanes) is 1. The number of ether oxygens (including phenoxy) is 1. The monoisotopic (exact) mass is 361 g/mol. The number of guanidine groups is 1. The Hall–Kier alpha value is -2.57. The molecule has 1 heterocycles. The molecule has 0 atom stereocenters. The normalized spacial score (nSPS) is 11.4. The van der Waals surface area contributed by atoms with Crippen LogP contribution < -0.4 is 15.4 Å². The molecule has 0 bridgehead atoms. The predicted octanol–water partition coefficient (Wildman–Crippen LogP) is 2.83. The van der Waals surface area contributed by atoms with Crippen LogP contribution >= 0.6 is 0 Å². The van der Waals surface area contributed by atoms with Crippen molar-refractivity contribution >= 4 is 5.96 Å². The van der Waals surface area contributed by atoms with E-state index in [1.165, 1.54) is 12.1 Å². The number of halogens is 1. The Labute approximate surface area is 154 Å². The summed E-state index contributed by atoms with van der Waals surface area (Å²) in [6.45, 7) is 5.96. The lowest BCUT2D eigenvalue weighted by molar-refractivity contribution is 0.306. The molecule has 0 aliphatic rings. The van der Waals surface area contributed by atoms with E-state index in [9.17, 15) is 4.39 Å². The van der Waals surface area contributed by atoms with Crippen molar-refractivity contribution in [1.82, 2.24) is 20.4 Å². The molecular weight excluding hydrogens is 333 g/mol. The minimum Gasteiger partial charge on any atom is -0.494 e. The molecule has 0 aliphatic carbocycles. The molecule has 6 nitrogen and oxygen atoms in total. The van der Waals surface area contributed by atoms with Gasteiger partial charge in [0.15, 0.2) is 5.96 Å². The van der Waals surface area contributed by atoms with Crippen LogP contribution in [0.3, 0.4) is 0 Å². The lowest BCUT2D eigenvalue weighted by Crippen LogP contribution is -2.38. The van der Waals surface area contributed by atoms with Crippen LogP contribution in [0.1, 0.15) is 26.2 Å². The third-order valence-corrected chi connectivity index (χ3v) is 3.66. The number of aliphatic imine (C=N–C) groups is 1. The summed E-state index contributed by atoms with van der Waals surface area (Å²) in [4.78, 5) is 4.57. The fraction of sp³-hybridized carbons (Fsp3) is 0.474. The summed E-state index contributed by atoms with van der Waals surface area (Å²) in [6.07, 6.45) is 6.58. The van der Waals surface area contributed by atoms with Crippen molar-refractivity contribution in [3.63, 3.8) is 0 Å². The van der Waals surface area contributed by atoms with Gasteiger partial charge in [-0.25, -0.2) is 4.39 Å². The Morgan fingerprint density at radius 2 is 2.04 bits per heavy atom. The van der Waals surface area contributed by atoms with E-state index in [-0.39, 0.29) is 5.82 Å². The average molecular weight is 361 g/mol. The highest BCUT2D eigenvalue weighted by Crippen LogP contribution is 2.11. The van der Waals surface area contributed by atoms with Gasteiger partial charge in [-0.05, 0) is 56.5 Å². The number of aromatic nitrogens is 2. The first-order valence-corrected chi connectivity index (χ1v) is 9.16. The van der Waals surface area contributed by atoms with E-state index >= 15 is 0 Å². The van der Waals surface area contributed by atoms with Gasteiger partial charge in [0, 0.05) is 38.6 Å². The fourth-order valence-electron chi connectivity index (χ4n) is 2.35. The van der Waals surface area contributed by atoms with E-state index < -0.39 is 0 Å². The average Bonchev–Trinajstić information content (AvgIpc) is 3.16. The standard InChI is InChI=1S/C19H28FN5O/c1-2-21-19(23-12-5-14-25-15-6-13-24-25)22-11-3-4-16-26-18-9-7-17(20)8-10-18/h6-10,13,15H,2-5,11-12,14,16H2,1H3,(H2,21,22,23). The number of nitrogens with one attached hydrogen (secondary N) is 2. The quantitative estimate of drug-likeness (QED) is 0.367. The molecule has 0 amide bonds. The van der Waals surface area contributed by atoms with Crippen molar-refractivity contribution in [2.24, 2.45) is 4.99 Å². The molecule has 0 saturated carbocycles. The molecule has 0 aliphatic heterocycles. The first-order valence-electron chi connectivity index (χ1n) is 9.16. The van der Waals surface area contributed by atoms with E-state index in [1.807, 2.05) is 16.9 Å². The van der Waals surface area contributed by atoms with Crippen molar-refractivity contribution in [3.05, 3.63) is 48.5 Å². The van der Waals surface area contributed by atoms with Gasteiger partial charge in [-0.2, -0.15) is 5.10 Å². The lowest BCUT2D eigenvalue weighted by atomic mass is 10.3. The molecule has 0 spiro atoms. The van der Waals surface area contributed by atoms with Gasteiger partial charge in [-0.3, -0.25) is 9.67 Å². The second kappa shape index (κ2) is 11.9. The Balaban J connectivity index is 1.56. The third-order valence-electron chi connectivity index (χ3n) is 3.66. The van der Waals surface area contributed by atoms with Gasteiger partial charge >= 0.3 is 0 Å². The van der Waals surface area contributed by atoms with Gasteiger partial charge in [0.1, 0.15) is 11.6 Å². The van der Waals surface area contributed by atoms with Crippen LogP contribution in [-0.4, -0.2) is 42.0 Å². The summed E-state index contributed by atoms with van der Waals surface area (Å²) in [5.74, 6) is 1.29. The largest absolute Gasteiger partial charge is 0.494 e. The highest BCUT2D eigenvalue weighted by atomic mass is 19.1. The van der Waals surface area contributed by atoms with Crippen LogP contribution in [0.4, 0.5) is 4.39 Å². The molecule has 0 radical (unpaired) electrons. The van der Waals surface area contributed by atoms with Gasteiger partial charge in [-0.15, -0.1) is 0 Å². The lowest BCUT2D eigenvalue weighted by Gasteiger charge is -2.11. The molecule has 0 saturated heterocycles. The molecule has 0 fully saturated rings. The summed E-state index contributed by atoms with van der Waals surface area (Å²) in [5, 5.41) is 10.8. The molecule has 1 aromatic carbocycles. The zero-order valence-corrected chi connectivity index (χ0v) is 15.3. The molecule has 142 valence electrons. The van der Waals surface area contributed by atoms with Crippen LogP contribution in [0.2, 0.25) is 0 Å². The van der Waals surface area contributed by atoms with E-state index in [1.54, 1.807) is 18.3 Å². The van der Waals surface area contributed by atoms with Crippen LogP contribution in [0.25, 0.3) is 0 Å². The topological polar surface area (TPSA) is 63.5 Å². The Morgan fingerprint density at radius 1 is 1.19 bits per heavy atom. The summed E-state index contributed by atoms with van der Waals surface area (Å²) in [7, 11) is 0. The summed E-state index contributed by atoms with van der Waals surface area (Å²) in [6, 6.07) is 8.03. The van der Waals surface area contributed by atoms with Crippen LogP contribution in [0.15, 0.2) is 47.7 Å². The molecule has 1 aromatic heterocycles. The van der Waals surface area contributed by atoms with Crippen molar-refractivity contribution < 1.29 is 9.13 Å². The van der Waals surface area contributed by atoms with E-state index in [0.717, 1.165) is 51.4 Å². The number of hydrogen-bond donors (Lipinski definition) is 2. The predicted molar refractivity (Wildman–Crippen MR) is 102 cm³/mol. The molecule has 2 rings (SSSR count). The van der Waals surface area contributed by atoms with Crippen molar-refractivity contribution in [1.29, 1.82) is 0 Å². The zero-order chi connectivity index (χ0) is 18.5. The van der Waals surface area contributed by atoms with Gasteiger partial charge < -0.3 is 15.4 Å².